The van der Waals surface area contributed by atoms with Crippen LogP contribution in [0.2, 0.25) is 0 Å². The average molecular weight is 293 g/mol. The number of hydrogen-bond donors (Lipinski definition) is 2. The Balaban J connectivity index is 2.29. The lowest BCUT2D eigenvalue weighted by atomic mass is 10.1. The van der Waals surface area contributed by atoms with E-state index < -0.39 is 10.0 Å². The van der Waals surface area contributed by atoms with Crippen LogP contribution in [0.3, 0.4) is 0 Å². The molecule has 1 aliphatic carbocycles. The van der Waals surface area contributed by atoms with Gasteiger partial charge >= 0.3 is 0 Å². The Hall–Kier alpha value is -1.35. The molecule has 0 amide bonds. The average Bonchev–Trinajstić information content (AvgIpc) is 2.81. The van der Waals surface area contributed by atoms with Crippen molar-refractivity contribution in [2.45, 2.75) is 37.1 Å². The minimum absolute atomic E-state index is 0.00106. The SMILES string of the molecule is CC1CCCC1NS(=O)(=O)c1ccccc1C#CCO. The lowest BCUT2D eigenvalue weighted by Gasteiger charge is -2.18. The standard InChI is InChI=1S/C15H19NO3S/c1-12-6-4-9-14(12)16-20(18,19)15-10-3-2-7-13(15)8-5-11-17/h2-3,7,10,12,14,16-17H,4,6,9,11H2,1H3. The van der Waals surface area contributed by atoms with Crippen molar-refractivity contribution >= 4 is 10.0 Å². The van der Waals surface area contributed by atoms with Crippen LogP contribution in [0.25, 0.3) is 0 Å². The molecule has 2 N–H and O–H groups in total. The molecule has 4 nitrogen and oxygen atoms in total. The van der Waals surface area contributed by atoms with Crippen LogP contribution in [0.15, 0.2) is 29.2 Å². The monoisotopic (exact) mass is 293 g/mol. The summed E-state index contributed by atoms with van der Waals surface area (Å²) in [7, 11) is -3.57. The molecule has 0 radical (unpaired) electrons. The van der Waals surface area contributed by atoms with Crippen molar-refractivity contribution in [3.63, 3.8) is 0 Å². The minimum atomic E-state index is -3.57. The van der Waals surface area contributed by atoms with Gasteiger partial charge in [0.1, 0.15) is 6.61 Å². The van der Waals surface area contributed by atoms with E-state index >= 15 is 0 Å². The first-order chi connectivity index (χ1) is 9.54. The second-order valence-electron chi connectivity index (χ2n) is 5.09. The van der Waals surface area contributed by atoms with Gasteiger partial charge in [0.25, 0.3) is 0 Å². The molecule has 2 atom stereocenters. The molecule has 0 heterocycles. The van der Waals surface area contributed by atoms with E-state index in [1.807, 2.05) is 0 Å². The summed E-state index contributed by atoms with van der Waals surface area (Å²) in [6.45, 7) is 1.78. The molecule has 1 fully saturated rings. The molecule has 2 unspecified atom stereocenters. The molecule has 1 saturated carbocycles. The fourth-order valence-electron chi connectivity index (χ4n) is 2.52. The topological polar surface area (TPSA) is 66.4 Å². The van der Waals surface area contributed by atoms with E-state index in [2.05, 4.69) is 23.5 Å². The third-order valence-electron chi connectivity index (χ3n) is 3.65. The summed E-state index contributed by atoms with van der Waals surface area (Å²) in [5.74, 6) is 5.54. The Bertz CT molecular complexity index is 628. The molecule has 2 rings (SSSR count). The van der Waals surface area contributed by atoms with Crippen LogP contribution in [0.5, 0.6) is 0 Å². The summed E-state index contributed by atoms with van der Waals surface area (Å²) in [6.07, 6.45) is 2.99. The van der Waals surface area contributed by atoms with E-state index in [-0.39, 0.29) is 17.5 Å². The molecular weight excluding hydrogens is 274 g/mol. The van der Waals surface area contributed by atoms with E-state index in [9.17, 15) is 8.42 Å². The van der Waals surface area contributed by atoms with Crippen LogP contribution in [0.1, 0.15) is 31.7 Å². The summed E-state index contributed by atoms with van der Waals surface area (Å²) in [5.41, 5.74) is 0.416. The number of hydrogen-bond acceptors (Lipinski definition) is 3. The van der Waals surface area contributed by atoms with E-state index in [1.165, 1.54) is 0 Å². The first-order valence-electron chi connectivity index (χ1n) is 6.75. The van der Waals surface area contributed by atoms with Gasteiger partial charge in [-0.05, 0) is 30.9 Å². The Morgan fingerprint density at radius 3 is 2.75 bits per heavy atom. The van der Waals surface area contributed by atoms with Gasteiger partial charge in [0.15, 0.2) is 0 Å². The van der Waals surface area contributed by atoms with Gasteiger partial charge in [-0.25, -0.2) is 13.1 Å². The van der Waals surface area contributed by atoms with Crippen molar-refractivity contribution in [1.82, 2.24) is 4.72 Å². The lowest BCUT2D eigenvalue weighted by molar-refractivity contribution is 0.350. The molecule has 0 saturated heterocycles. The molecule has 0 spiro atoms. The van der Waals surface area contributed by atoms with Crippen molar-refractivity contribution in [2.24, 2.45) is 5.92 Å². The summed E-state index contributed by atoms with van der Waals surface area (Å²) in [5, 5.41) is 8.75. The highest BCUT2D eigenvalue weighted by Crippen LogP contribution is 2.26. The molecular formula is C15H19NO3S. The van der Waals surface area contributed by atoms with Crippen LogP contribution >= 0.6 is 0 Å². The zero-order valence-electron chi connectivity index (χ0n) is 11.5. The predicted octanol–water partition coefficient (Wildman–Crippen LogP) is 1.50. The first kappa shape index (κ1) is 15.0. The minimum Gasteiger partial charge on any atom is -0.384 e. The van der Waals surface area contributed by atoms with Gasteiger partial charge < -0.3 is 5.11 Å². The van der Waals surface area contributed by atoms with E-state index in [0.29, 0.717) is 11.5 Å². The summed E-state index contributed by atoms with van der Waals surface area (Å²) >= 11 is 0. The molecule has 0 aliphatic heterocycles. The molecule has 0 aromatic heterocycles. The number of rotatable bonds is 3. The second-order valence-corrected chi connectivity index (χ2v) is 6.77. The van der Waals surface area contributed by atoms with Crippen molar-refractivity contribution in [2.75, 3.05) is 6.61 Å². The Labute approximate surface area is 120 Å². The van der Waals surface area contributed by atoms with Crippen LogP contribution in [-0.2, 0) is 10.0 Å². The van der Waals surface area contributed by atoms with Crippen molar-refractivity contribution in [3.05, 3.63) is 29.8 Å². The van der Waals surface area contributed by atoms with Gasteiger partial charge in [-0.1, -0.05) is 37.3 Å². The van der Waals surface area contributed by atoms with Gasteiger partial charge in [-0.2, -0.15) is 0 Å². The maximum Gasteiger partial charge on any atom is 0.242 e. The van der Waals surface area contributed by atoms with Crippen LogP contribution < -0.4 is 4.72 Å². The molecule has 1 aliphatic rings. The van der Waals surface area contributed by atoms with Gasteiger partial charge in [-0.15, -0.1) is 0 Å². The number of aliphatic hydroxyl groups excluding tert-OH is 1. The van der Waals surface area contributed by atoms with E-state index in [4.69, 9.17) is 5.11 Å². The summed E-state index contributed by atoms with van der Waals surface area (Å²) in [6, 6.07) is 6.60. The van der Waals surface area contributed by atoms with Crippen LogP contribution in [-0.4, -0.2) is 26.2 Å². The molecule has 5 heteroatoms. The quantitative estimate of drug-likeness (QED) is 0.830. The second kappa shape index (κ2) is 6.40. The Morgan fingerprint density at radius 1 is 1.35 bits per heavy atom. The predicted molar refractivity (Wildman–Crippen MR) is 77.5 cm³/mol. The number of aliphatic hydroxyl groups is 1. The van der Waals surface area contributed by atoms with Crippen LogP contribution in [0, 0.1) is 17.8 Å². The van der Waals surface area contributed by atoms with Crippen molar-refractivity contribution < 1.29 is 13.5 Å². The molecule has 0 bridgehead atoms. The Kier molecular flexibility index (Phi) is 4.81. The van der Waals surface area contributed by atoms with Gasteiger partial charge in [0.05, 0.1) is 4.90 Å². The maximum absolute atomic E-state index is 12.5. The smallest absolute Gasteiger partial charge is 0.242 e. The fourth-order valence-corrected chi connectivity index (χ4v) is 4.06. The van der Waals surface area contributed by atoms with Gasteiger partial charge in [-0.3, -0.25) is 0 Å². The summed E-state index contributed by atoms with van der Waals surface area (Å²) in [4.78, 5) is 0.181. The van der Waals surface area contributed by atoms with Crippen molar-refractivity contribution in [1.29, 1.82) is 0 Å². The molecule has 108 valence electrons. The third-order valence-corrected chi connectivity index (χ3v) is 5.19. The van der Waals surface area contributed by atoms with Crippen molar-refractivity contribution in [3.8, 4) is 11.8 Å². The first-order valence-corrected chi connectivity index (χ1v) is 8.24. The molecule has 1 aromatic rings. The normalized spacial score (nSPS) is 22.3. The van der Waals surface area contributed by atoms with E-state index in [1.54, 1.807) is 24.3 Å². The van der Waals surface area contributed by atoms with Crippen LogP contribution in [0.4, 0.5) is 0 Å². The highest BCUT2D eigenvalue weighted by molar-refractivity contribution is 7.89. The molecule has 20 heavy (non-hydrogen) atoms. The highest BCUT2D eigenvalue weighted by atomic mass is 32.2. The Morgan fingerprint density at radius 2 is 2.10 bits per heavy atom. The third kappa shape index (κ3) is 3.40. The summed E-state index contributed by atoms with van der Waals surface area (Å²) < 4.78 is 27.7. The van der Waals surface area contributed by atoms with E-state index in [0.717, 1.165) is 19.3 Å². The fraction of sp³-hybridized carbons (Fsp3) is 0.467. The largest absolute Gasteiger partial charge is 0.384 e. The number of nitrogens with one attached hydrogen (secondary N) is 1. The number of sulfonamides is 1. The zero-order chi connectivity index (χ0) is 14.6. The molecule has 1 aromatic carbocycles. The van der Waals surface area contributed by atoms with Gasteiger partial charge in [0.2, 0.25) is 10.0 Å². The van der Waals surface area contributed by atoms with Gasteiger partial charge in [0, 0.05) is 11.6 Å². The number of benzene rings is 1. The lowest BCUT2D eigenvalue weighted by Crippen LogP contribution is -2.36. The highest BCUT2D eigenvalue weighted by Gasteiger charge is 2.29. The maximum atomic E-state index is 12.5. The zero-order valence-corrected chi connectivity index (χ0v) is 12.3.